The molecule has 1 atom stereocenters. The highest BCUT2D eigenvalue weighted by Crippen LogP contribution is 2.19. The van der Waals surface area contributed by atoms with Crippen molar-refractivity contribution in [2.45, 2.75) is 84.8 Å². The monoisotopic (exact) mass is 284 g/mol. The molecule has 110 valence electrons. The fourth-order valence-corrected chi connectivity index (χ4v) is 3.45. The third kappa shape index (κ3) is 6.05. The van der Waals surface area contributed by atoms with Crippen molar-refractivity contribution in [2.75, 3.05) is 0 Å². The predicted octanol–water partition coefficient (Wildman–Crippen LogP) is 4.54. The maximum absolute atomic E-state index is 9.63. The van der Waals surface area contributed by atoms with Crippen LogP contribution < -0.4 is 4.57 Å². The van der Waals surface area contributed by atoms with Crippen molar-refractivity contribution in [3.63, 3.8) is 0 Å². The average Bonchev–Trinajstić information content (AvgIpc) is 2.74. The lowest BCUT2D eigenvalue weighted by molar-refractivity contribution is -0.698. The van der Waals surface area contributed by atoms with E-state index in [0.29, 0.717) is 0 Å². The van der Waals surface area contributed by atoms with E-state index in [1.807, 2.05) is 6.92 Å². The van der Waals surface area contributed by atoms with Crippen LogP contribution in [0, 0.1) is 6.92 Å². The highest BCUT2D eigenvalue weighted by Gasteiger charge is 2.17. The molecule has 0 radical (unpaired) electrons. The third-order valence-corrected chi connectivity index (χ3v) is 4.98. The van der Waals surface area contributed by atoms with Gasteiger partial charge in [-0.15, -0.1) is 0 Å². The Kier molecular flexibility index (Phi) is 8.31. The van der Waals surface area contributed by atoms with E-state index in [1.165, 1.54) is 57.1 Å². The van der Waals surface area contributed by atoms with Crippen molar-refractivity contribution < 1.29 is 9.67 Å². The second kappa shape index (κ2) is 9.49. The maximum atomic E-state index is 9.63. The van der Waals surface area contributed by atoms with Crippen LogP contribution in [0.15, 0.2) is 5.51 Å². The molecule has 0 bridgehead atoms. The number of aliphatic hydroxyl groups excluding tert-OH is 1. The van der Waals surface area contributed by atoms with Crippen molar-refractivity contribution in [2.24, 2.45) is 0 Å². The van der Waals surface area contributed by atoms with Gasteiger partial charge in [-0.05, 0) is 13.3 Å². The molecule has 19 heavy (non-hydrogen) atoms. The highest BCUT2D eigenvalue weighted by molar-refractivity contribution is 7.09. The van der Waals surface area contributed by atoms with Gasteiger partial charge in [0.25, 0.3) is 0 Å². The number of aromatic nitrogens is 1. The zero-order chi connectivity index (χ0) is 14.1. The molecule has 0 aliphatic heterocycles. The molecule has 1 N–H and O–H groups in total. The number of aryl methyl sites for hydroxylation is 1. The molecular weight excluding hydrogens is 254 g/mol. The lowest BCUT2D eigenvalue weighted by Crippen LogP contribution is -2.34. The van der Waals surface area contributed by atoms with Crippen molar-refractivity contribution >= 4 is 11.3 Å². The summed E-state index contributed by atoms with van der Waals surface area (Å²) in [6.45, 7) is 7.33. The molecule has 0 spiro atoms. The molecule has 0 aliphatic carbocycles. The molecule has 1 aromatic heterocycles. The summed E-state index contributed by atoms with van der Waals surface area (Å²) in [5, 5.41) is 9.63. The number of hydrogen-bond donors (Lipinski definition) is 1. The molecule has 0 amide bonds. The third-order valence-electron chi connectivity index (χ3n) is 3.73. The van der Waals surface area contributed by atoms with Gasteiger partial charge in [0.2, 0.25) is 5.51 Å². The van der Waals surface area contributed by atoms with Gasteiger partial charge in [-0.25, -0.2) is 0 Å². The Balaban J connectivity index is 2.13. The standard InChI is InChI=1S/C16H30NOS/c1-4-5-6-7-8-9-10-11-12-17-13-19-16(14(17)2)15(3)18/h13,15,18H,4-12H2,1-3H3/q+1. The molecule has 0 saturated carbocycles. The van der Waals surface area contributed by atoms with Crippen LogP contribution in [0.4, 0.5) is 0 Å². The van der Waals surface area contributed by atoms with Crippen molar-refractivity contribution in [3.05, 3.63) is 16.1 Å². The minimum Gasteiger partial charge on any atom is -0.388 e. The Morgan fingerprint density at radius 2 is 1.68 bits per heavy atom. The molecule has 0 fully saturated rings. The molecule has 3 heteroatoms. The topological polar surface area (TPSA) is 24.1 Å². The quantitative estimate of drug-likeness (QED) is 0.495. The summed E-state index contributed by atoms with van der Waals surface area (Å²) in [6.07, 6.45) is 10.6. The van der Waals surface area contributed by atoms with E-state index in [1.54, 1.807) is 11.3 Å². The Bertz CT molecular complexity index is 347. The predicted molar refractivity (Wildman–Crippen MR) is 82.5 cm³/mol. The van der Waals surface area contributed by atoms with Crippen molar-refractivity contribution in [1.82, 2.24) is 0 Å². The van der Waals surface area contributed by atoms with Crippen LogP contribution in [0.5, 0.6) is 0 Å². The maximum Gasteiger partial charge on any atom is 0.225 e. The minimum atomic E-state index is -0.329. The van der Waals surface area contributed by atoms with E-state index in [0.717, 1.165) is 11.4 Å². The first-order chi connectivity index (χ1) is 9.16. The van der Waals surface area contributed by atoms with Gasteiger partial charge in [-0.1, -0.05) is 56.8 Å². The van der Waals surface area contributed by atoms with Gasteiger partial charge in [-0.2, -0.15) is 4.57 Å². The Morgan fingerprint density at radius 1 is 1.11 bits per heavy atom. The summed E-state index contributed by atoms with van der Waals surface area (Å²) in [6, 6.07) is 0. The normalized spacial score (nSPS) is 12.8. The van der Waals surface area contributed by atoms with Gasteiger partial charge >= 0.3 is 0 Å². The number of unbranched alkanes of at least 4 members (excludes halogenated alkanes) is 7. The van der Waals surface area contributed by atoms with Crippen LogP contribution in [-0.4, -0.2) is 5.11 Å². The molecule has 1 heterocycles. The second-order valence-electron chi connectivity index (χ2n) is 5.52. The number of hydrogen-bond acceptors (Lipinski definition) is 2. The molecule has 0 aliphatic rings. The number of thiazole rings is 1. The number of nitrogens with zero attached hydrogens (tertiary/aromatic N) is 1. The van der Waals surface area contributed by atoms with Gasteiger partial charge < -0.3 is 5.11 Å². The largest absolute Gasteiger partial charge is 0.388 e. The number of aliphatic hydroxyl groups is 1. The smallest absolute Gasteiger partial charge is 0.225 e. The lowest BCUT2D eigenvalue weighted by Gasteiger charge is -2.01. The van der Waals surface area contributed by atoms with Crippen LogP contribution in [0.2, 0.25) is 0 Å². The Morgan fingerprint density at radius 3 is 2.21 bits per heavy atom. The first-order valence-electron chi connectivity index (χ1n) is 7.82. The lowest BCUT2D eigenvalue weighted by atomic mass is 10.1. The first-order valence-corrected chi connectivity index (χ1v) is 8.70. The van der Waals surface area contributed by atoms with Crippen LogP contribution in [-0.2, 0) is 6.54 Å². The second-order valence-corrected chi connectivity index (χ2v) is 6.40. The van der Waals surface area contributed by atoms with E-state index in [4.69, 9.17) is 0 Å². The van der Waals surface area contributed by atoms with Crippen LogP contribution in [0.25, 0.3) is 0 Å². The summed E-state index contributed by atoms with van der Waals surface area (Å²) in [5.74, 6) is 0. The molecule has 1 unspecified atom stereocenters. The van der Waals surface area contributed by atoms with Crippen molar-refractivity contribution in [3.8, 4) is 0 Å². The summed E-state index contributed by atoms with van der Waals surface area (Å²) >= 11 is 1.67. The fourth-order valence-electron chi connectivity index (χ4n) is 2.46. The molecule has 0 aromatic carbocycles. The first kappa shape index (κ1) is 16.6. The Hall–Kier alpha value is -0.410. The Labute approximate surface area is 122 Å². The SMILES string of the molecule is CCCCCCCCCC[n+]1csc(C(C)O)c1C. The number of rotatable bonds is 10. The summed E-state index contributed by atoms with van der Waals surface area (Å²) in [4.78, 5) is 1.11. The van der Waals surface area contributed by atoms with E-state index >= 15 is 0 Å². The van der Waals surface area contributed by atoms with Crippen LogP contribution in [0.1, 0.15) is 81.9 Å². The van der Waals surface area contributed by atoms with Gasteiger partial charge in [0.05, 0.1) is 6.10 Å². The van der Waals surface area contributed by atoms with Gasteiger partial charge in [0.15, 0.2) is 5.69 Å². The van der Waals surface area contributed by atoms with Crippen LogP contribution >= 0.6 is 11.3 Å². The summed E-state index contributed by atoms with van der Waals surface area (Å²) in [5.41, 5.74) is 3.39. The zero-order valence-electron chi connectivity index (χ0n) is 12.8. The minimum absolute atomic E-state index is 0.329. The van der Waals surface area contributed by atoms with E-state index in [2.05, 4.69) is 23.9 Å². The molecular formula is C16H30NOS+. The van der Waals surface area contributed by atoms with E-state index < -0.39 is 0 Å². The van der Waals surface area contributed by atoms with Crippen molar-refractivity contribution in [1.29, 1.82) is 0 Å². The molecule has 2 nitrogen and oxygen atoms in total. The van der Waals surface area contributed by atoms with Gasteiger partial charge in [0, 0.05) is 13.3 Å². The zero-order valence-corrected chi connectivity index (χ0v) is 13.6. The van der Waals surface area contributed by atoms with Crippen LogP contribution in [0.3, 0.4) is 0 Å². The summed E-state index contributed by atoms with van der Waals surface area (Å²) in [7, 11) is 0. The molecule has 0 saturated heterocycles. The molecule has 1 rings (SSSR count). The van der Waals surface area contributed by atoms with E-state index in [9.17, 15) is 5.11 Å². The summed E-state index contributed by atoms with van der Waals surface area (Å²) < 4.78 is 2.30. The molecule has 1 aromatic rings. The average molecular weight is 284 g/mol. The van der Waals surface area contributed by atoms with E-state index in [-0.39, 0.29) is 6.10 Å². The van der Waals surface area contributed by atoms with Gasteiger partial charge in [0.1, 0.15) is 11.4 Å². The van der Waals surface area contributed by atoms with Gasteiger partial charge in [-0.3, -0.25) is 0 Å². The fraction of sp³-hybridized carbons (Fsp3) is 0.812. The highest BCUT2D eigenvalue weighted by atomic mass is 32.1.